The van der Waals surface area contributed by atoms with E-state index in [1.54, 1.807) is 30.3 Å². The van der Waals surface area contributed by atoms with Crippen LogP contribution in [0.2, 0.25) is 0 Å². The van der Waals surface area contributed by atoms with Crippen LogP contribution in [-0.4, -0.2) is 37.4 Å². The van der Waals surface area contributed by atoms with Gasteiger partial charge in [0.1, 0.15) is 0 Å². The second kappa shape index (κ2) is 8.36. The van der Waals surface area contributed by atoms with E-state index in [2.05, 4.69) is 0 Å². The molecule has 0 radical (unpaired) electrons. The number of carbonyl (C=O) groups is 2. The third-order valence-corrected chi connectivity index (χ3v) is 8.57. The van der Waals surface area contributed by atoms with Crippen molar-refractivity contribution in [2.75, 3.05) is 13.1 Å². The second-order valence-corrected chi connectivity index (χ2v) is 10.8. The van der Waals surface area contributed by atoms with Crippen LogP contribution in [0.25, 0.3) is 10.8 Å². The van der Waals surface area contributed by atoms with Crippen LogP contribution in [-0.2, 0) is 14.8 Å². The Morgan fingerprint density at radius 2 is 1.67 bits per heavy atom. The van der Waals surface area contributed by atoms with E-state index in [0.29, 0.717) is 30.4 Å². The number of aryl methyl sites for hydroxylation is 1. The largest absolute Gasteiger partial charge is 0.295 e. The van der Waals surface area contributed by atoms with Crippen molar-refractivity contribution in [2.45, 2.75) is 31.1 Å². The highest BCUT2D eigenvalue weighted by Gasteiger charge is 2.41. The first-order chi connectivity index (χ1) is 15.9. The molecule has 0 fully saturated rings. The van der Waals surface area contributed by atoms with Crippen molar-refractivity contribution in [2.24, 2.45) is 5.92 Å². The zero-order valence-electron chi connectivity index (χ0n) is 18.5. The van der Waals surface area contributed by atoms with E-state index >= 15 is 0 Å². The van der Waals surface area contributed by atoms with Gasteiger partial charge in [-0.05, 0) is 48.2 Å². The number of carbonyl (C=O) groups excluding carboxylic acids is 2. The van der Waals surface area contributed by atoms with E-state index in [-0.39, 0.29) is 29.6 Å². The summed E-state index contributed by atoms with van der Waals surface area (Å²) in [5, 5.41) is 1.80. The lowest BCUT2D eigenvalue weighted by Crippen LogP contribution is -2.46. The molecule has 1 heterocycles. The SMILES string of the molecule is Cc1ccc(S(=O)(=O)N2CC3=C(CCCC3=O)C(C(=O)c3cccc4ccccc34)C2)cc1. The van der Waals surface area contributed by atoms with Crippen LogP contribution >= 0.6 is 0 Å². The lowest BCUT2D eigenvalue weighted by Gasteiger charge is -2.36. The molecule has 0 saturated heterocycles. The van der Waals surface area contributed by atoms with Crippen molar-refractivity contribution in [1.82, 2.24) is 4.31 Å². The van der Waals surface area contributed by atoms with Crippen LogP contribution in [0.1, 0.15) is 35.2 Å². The van der Waals surface area contributed by atoms with Gasteiger partial charge < -0.3 is 0 Å². The maximum atomic E-state index is 13.9. The molecule has 3 aromatic rings. The summed E-state index contributed by atoms with van der Waals surface area (Å²) in [6.07, 6.45) is 1.74. The average molecular weight is 460 g/mol. The summed E-state index contributed by atoms with van der Waals surface area (Å²) in [5.74, 6) is -0.836. The number of benzene rings is 3. The number of fused-ring (bicyclic) bond motifs is 1. The van der Waals surface area contributed by atoms with Crippen LogP contribution in [0.4, 0.5) is 0 Å². The van der Waals surface area contributed by atoms with Crippen LogP contribution in [0, 0.1) is 12.8 Å². The Bertz CT molecular complexity index is 1400. The molecule has 0 aromatic heterocycles. The van der Waals surface area contributed by atoms with Gasteiger partial charge in [0.25, 0.3) is 0 Å². The van der Waals surface area contributed by atoms with Gasteiger partial charge in [0.05, 0.1) is 10.8 Å². The summed E-state index contributed by atoms with van der Waals surface area (Å²) in [6, 6.07) is 20.0. The summed E-state index contributed by atoms with van der Waals surface area (Å²) >= 11 is 0. The molecule has 0 spiro atoms. The minimum Gasteiger partial charge on any atom is -0.295 e. The van der Waals surface area contributed by atoms with Crippen molar-refractivity contribution >= 4 is 32.4 Å². The Morgan fingerprint density at radius 3 is 2.45 bits per heavy atom. The quantitative estimate of drug-likeness (QED) is 0.530. The number of Topliss-reactive ketones (excluding diaryl/α,β-unsaturated/α-hetero) is 2. The Hall–Kier alpha value is -3.09. The number of sulfonamides is 1. The standard InChI is InChI=1S/C27H25NO4S/c1-18-12-14-20(15-13-18)33(31,32)28-16-24-22(9-5-11-26(24)29)25(17-28)27(30)23-10-4-7-19-6-2-3-8-21(19)23/h2-4,6-8,10,12-15,25H,5,9,11,16-17H2,1H3. The fraction of sp³-hybridized carbons (Fsp3) is 0.259. The van der Waals surface area contributed by atoms with E-state index in [1.807, 2.05) is 43.3 Å². The molecule has 0 saturated carbocycles. The van der Waals surface area contributed by atoms with Gasteiger partial charge in [0, 0.05) is 30.6 Å². The molecule has 168 valence electrons. The molecular weight excluding hydrogens is 434 g/mol. The predicted molar refractivity (Wildman–Crippen MR) is 128 cm³/mol. The normalized spacial score (nSPS) is 19.5. The van der Waals surface area contributed by atoms with E-state index < -0.39 is 15.9 Å². The lowest BCUT2D eigenvalue weighted by molar-refractivity contribution is -0.116. The smallest absolute Gasteiger partial charge is 0.243 e. The molecule has 5 nitrogen and oxygen atoms in total. The monoisotopic (exact) mass is 459 g/mol. The Balaban J connectivity index is 1.60. The van der Waals surface area contributed by atoms with Crippen molar-refractivity contribution in [1.29, 1.82) is 0 Å². The van der Waals surface area contributed by atoms with Gasteiger partial charge in [-0.2, -0.15) is 4.31 Å². The molecule has 0 N–H and O–H groups in total. The van der Waals surface area contributed by atoms with Crippen molar-refractivity contribution in [3.05, 3.63) is 89.0 Å². The van der Waals surface area contributed by atoms with Crippen molar-refractivity contribution in [3.63, 3.8) is 0 Å². The average Bonchev–Trinajstić information content (AvgIpc) is 2.83. The first kappa shape index (κ1) is 21.7. The summed E-state index contributed by atoms with van der Waals surface area (Å²) < 4.78 is 28.3. The number of hydrogen-bond donors (Lipinski definition) is 0. The highest BCUT2D eigenvalue weighted by molar-refractivity contribution is 7.89. The molecule has 1 aliphatic carbocycles. The van der Waals surface area contributed by atoms with Gasteiger partial charge in [-0.1, -0.05) is 60.2 Å². The Kier molecular flexibility index (Phi) is 5.51. The fourth-order valence-corrected chi connectivity index (χ4v) is 6.38. The zero-order valence-corrected chi connectivity index (χ0v) is 19.3. The van der Waals surface area contributed by atoms with Crippen molar-refractivity contribution < 1.29 is 18.0 Å². The minimum absolute atomic E-state index is 0.0314. The summed E-state index contributed by atoms with van der Waals surface area (Å²) in [7, 11) is -3.85. The topological polar surface area (TPSA) is 71.5 Å². The maximum absolute atomic E-state index is 13.9. The number of rotatable bonds is 4. The zero-order chi connectivity index (χ0) is 23.2. The van der Waals surface area contributed by atoms with Crippen molar-refractivity contribution in [3.8, 4) is 0 Å². The van der Waals surface area contributed by atoms with Gasteiger partial charge in [0.15, 0.2) is 11.6 Å². The molecular formula is C27H25NO4S. The molecule has 1 unspecified atom stereocenters. The van der Waals surface area contributed by atoms with Gasteiger partial charge in [-0.15, -0.1) is 0 Å². The summed E-state index contributed by atoms with van der Waals surface area (Å²) in [6.45, 7) is 1.97. The van der Waals surface area contributed by atoms with E-state index in [0.717, 1.165) is 21.9 Å². The number of ketones is 2. The van der Waals surface area contributed by atoms with Gasteiger partial charge >= 0.3 is 0 Å². The van der Waals surface area contributed by atoms with E-state index in [1.165, 1.54) is 4.31 Å². The van der Waals surface area contributed by atoms with Gasteiger partial charge in [0.2, 0.25) is 10.0 Å². The predicted octanol–water partition coefficient (Wildman–Crippen LogP) is 4.70. The van der Waals surface area contributed by atoms with Gasteiger partial charge in [-0.25, -0.2) is 8.42 Å². The molecule has 33 heavy (non-hydrogen) atoms. The Morgan fingerprint density at radius 1 is 0.939 bits per heavy atom. The highest BCUT2D eigenvalue weighted by atomic mass is 32.2. The Labute approximate surface area is 193 Å². The summed E-state index contributed by atoms with van der Waals surface area (Å²) in [5.41, 5.74) is 2.85. The summed E-state index contributed by atoms with van der Waals surface area (Å²) in [4.78, 5) is 26.8. The van der Waals surface area contributed by atoms with E-state index in [9.17, 15) is 18.0 Å². The number of hydrogen-bond acceptors (Lipinski definition) is 4. The van der Waals surface area contributed by atoms with E-state index in [4.69, 9.17) is 0 Å². The first-order valence-corrected chi connectivity index (χ1v) is 12.6. The molecule has 5 rings (SSSR count). The molecule has 1 aliphatic heterocycles. The lowest BCUT2D eigenvalue weighted by atomic mass is 9.77. The number of nitrogens with zero attached hydrogens (tertiary/aromatic N) is 1. The molecule has 1 atom stereocenters. The third-order valence-electron chi connectivity index (χ3n) is 6.75. The van der Waals surface area contributed by atoms with Crippen LogP contribution in [0.3, 0.4) is 0 Å². The molecule has 3 aromatic carbocycles. The van der Waals surface area contributed by atoms with Crippen LogP contribution in [0.5, 0.6) is 0 Å². The second-order valence-electron chi connectivity index (χ2n) is 8.83. The fourth-order valence-electron chi connectivity index (χ4n) is 4.96. The minimum atomic E-state index is -3.85. The highest BCUT2D eigenvalue weighted by Crippen LogP contribution is 2.37. The molecule has 0 bridgehead atoms. The molecule has 6 heteroatoms. The van der Waals surface area contributed by atoms with Gasteiger partial charge in [-0.3, -0.25) is 9.59 Å². The van der Waals surface area contributed by atoms with Crippen LogP contribution < -0.4 is 0 Å². The molecule has 0 amide bonds. The van der Waals surface area contributed by atoms with Crippen LogP contribution in [0.15, 0.2) is 82.8 Å². The first-order valence-electron chi connectivity index (χ1n) is 11.2. The maximum Gasteiger partial charge on any atom is 0.243 e. The molecule has 2 aliphatic rings. The third kappa shape index (κ3) is 3.83.